The molecule has 116 valence electrons. The number of carboxylic acid groups (broad SMARTS) is 1. The average Bonchev–Trinajstić information content (AvgIpc) is 2.36. The molecule has 0 saturated carbocycles. The van der Waals surface area contributed by atoms with E-state index in [0.29, 0.717) is 0 Å². The van der Waals surface area contributed by atoms with Gasteiger partial charge in [-0.05, 0) is 17.5 Å². The maximum absolute atomic E-state index is 13.1. The molecule has 1 atom stereocenters. The number of hydrogen-bond donors (Lipinski definition) is 3. The molecule has 21 heavy (non-hydrogen) atoms. The summed E-state index contributed by atoms with van der Waals surface area (Å²) >= 11 is 0. The van der Waals surface area contributed by atoms with Gasteiger partial charge in [-0.3, -0.25) is 0 Å². The molecule has 0 saturated heterocycles. The van der Waals surface area contributed by atoms with Gasteiger partial charge in [-0.1, -0.05) is 20.8 Å². The van der Waals surface area contributed by atoms with Crippen LogP contribution in [0.2, 0.25) is 0 Å². The van der Waals surface area contributed by atoms with Crippen LogP contribution in [-0.2, 0) is 4.79 Å². The van der Waals surface area contributed by atoms with Gasteiger partial charge in [0.1, 0.15) is 17.6 Å². The van der Waals surface area contributed by atoms with Crippen LogP contribution in [0.25, 0.3) is 0 Å². The number of hydrogen-bond acceptors (Lipinski definition) is 3. The number of carboxylic acids is 1. The molecule has 0 aliphatic carbocycles. The van der Waals surface area contributed by atoms with E-state index in [1.807, 2.05) is 0 Å². The highest BCUT2D eigenvalue weighted by molar-refractivity contribution is 5.93. The Hall–Kier alpha value is -2.31. The number of nitrogens with one attached hydrogen (secondary N) is 2. The Bertz CT molecular complexity index is 540. The molecule has 0 bridgehead atoms. The summed E-state index contributed by atoms with van der Waals surface area (Å²) in [5.74, 6) is -1.49. The van der Waals surface area contributed by atoms with Crippen LogP contribution in [0.1, 0.15) is 20.8 Å². The lowest BCUT2D eigenvalue weighted by Gasteiger charge is -2.27. The number of anilines is 1. The summed E-state index contributed by atoms with van der Waals surface area (Å²) in [6, 6.07) is 1.84. The Labute approximate surface area is 122 Å². The molecular formula is C14H19FN2O4. The number of halogens is 1. The molecule has 0 heterocycles. The molecule has 0 unspecified atom stereocenters. The Kier molecular flexibility index (Phi) is 5.12. The van der Waals surface area contributed by atoms with Crippen molar-refractivity contribution in [1.29, 1.82) is 0 Å². The van der Waals surface area contributed by atoms with Crippen LogP contribution in [0.4, 0.5) is 14.9 Å². The Morgan fingerprint density at radius 3 is 2.43 bits per heavy atom. The number of carbonyl (C=O) groups is 2. The second-order valence-electron chi connectivity index (χ2n) is 5.58. The van der Waals surface area contributed by atoms with Crippen LogP contribution in [-0.4, -0.2) is 30.3 Å². The largest absolute Gasteiger partial charge is 0.494 e. The summed E-state index contributed by atoms with van der Waals surface area (Å²) in [5.41, 5.74) is -0.412. The van der Waals surface area contributed by atoms with E-state index < -0.39 is 29.3 Å². The van der Waals surface area contributed by atoms with Gasteiger partial charge in [0, 0.05) is 6.07 Å². The van der Waals surface area contributed by atoms with Crippen molar-refractivity contribution >= 4 is 17.7 Å². The van der Waals surface area contributed by atoms with E-state index in [4.69, 9.17) is 9.84 Å². The smallest absolute Gasteiger partial charge is 0.326 e. The summed E-state index contributed by atoms with van der Waals surface area (Å²) in [6.07, 6.45) is 0. The summed E-state index contributed by atoms with van der Waals surface area (Å²) in [5, 5.41) is 14.0. The number of methoxy groups -OCH3 is 1. The molecule has 3 N–H and O–H groups in total. The van der Waals surface area contributed by atoms with Crippen LogP contribution in [0.3, 0.4) is 0 Å². The first kappa shape index (κ1) is 16.7. The molecule has 1 aromatic rings. The van der Waals surface area contributed by atoms with Gasteiger partial charge >= 0.3 is 12.0 Å². The van der Waals surface area contributed by atoms with E-state index in [1.165, 1.54) is 13.2 Å². The maximum Gasteiger partial charge on any atom is 0.326 e. The summed E-state index contributed by atoms with van der Waals surface area (Å²) in [4.78, 5) is 23.1. The van der Waals surface area contributed by atoms with Gasteiger partial charge in [0.05, 0.1) is 12.8 Å². The van der Waals surface area contributed by atoms with E-state index in [0.717, 1.165) is 12.1 Å². The van der Waals surface area contributed by atoms with Crippen molar-refractivity contribution in [1.82, 2.24) is 5.32 Å². The fraction of sp³-hybridized carbons (Fsp3) is 0.429. The summed E-state index contributed by atoms with van der Waals surface area (Å²) < 4.78 is 18.0. The highest BCUT2D eigenvalue weighted by atomic mass is 19.1. The van der Waals surface area contributed by atoms with Crippen molar-refractivity contribution in [3.63, 3.8) is 0 Å². The monoisotopic (exact) mass is 298 g/mol. The third-order valence-corrected chi connectivity index (χ3v) is 2.80. The first-order valence-electron chi connectivity index (χ1n) is 6.29. The molecule has 0 aromatic heterocycles. The molecule has 0 fully saturated rings. The van der Waals surface area contributed by atoms with E-state index in [1.54, 1.807) is 20.8 Å². The molecule has 1 aromatic carbocycles. The Morgan fingerprint density at radius 2 is 1.95 bits per heavy atom. The molecule has 0 spiro atoms. The van der Waals surface area contributed by atoms with Crippen LogP contribution in [0, 0.1) is 11.2 Å². The fourth-order valence-corrected chi connectivity index (χ4v) is 1.71. The third-order valence-electron chi connectivity index (χ3n) is 2.80. The van der Waals surface area contributed by atoms with Crippen molar-refractivity contribution in [3.8, 4) is 5.75 Å². The lowest BCUT2D eigenvalue weighted by molar-refractivity contribution is -0.141. The zero-order valence-corrected chi connectivity index (χ0v) is 12.4. The number of benzene rings is 1. The SMILES string of the molecule is COc1cc(F)ccc1NC(=O)N[C@H](C(=O)O)C(C)(C)C. The van der Waals surface area contributed by atoms with E-state index in [9.17, 15) is 14.0 Å². The molecule has 0 aliphatic rings. The van der Waals surface area contributed by atoms with Gasteiger partial charge in [0.2, 0.25) is 0 Å². The quantitative estimate of drug-likeness (QED) is 0.796. The average molecular weight is 298 g/mol. The van der Waals surface area contributed by atoms with Crippen molar-refractivity contribution < 1.29 is 23.8 Å². The first-order chi connectivity index (χ1) is 9.65. The second-order valence-corrected chi connectivity index (χ2v) is 5.58. The lowest BCUT2D eigenvalue weighted by atomic mass is 9.87. The van der Waals surface area contributed by atoms with E-state index in [-0.39, 0.29) is 11.4 Å². The summed E-state index contributed by atoms with van der Waals surface area (Å²) in [7, 11) is 1.34. The normalized spacial score (nSPS) is 12.4. The van der Waals surface area contributed by atoms with Crippen molar-refractivity contribution in [2.24, 2.45) is 5.41 Å². The number of urea groups is 1. The third kappa shape index (κ3) is 4.62. The molecule has 6 nitrogen and oxygen atoms in total. The number of ether oxygens (including phenoxy) is 1. The number of amides is 2. The zero-order valence-electron chi connectivity index (χ0n) is 12.4. The van der Waals surface area contributed by atoms with E-state index in [2.05, 4.69) is 10.6 Å². The van der Waals surface area contributed by atoms with Crippen LogP contribution < -0.4 is 15.4 Å². The highest BCUT2D eigenvalue weighted by Gasteiger charge is 2.32. The first-order valence-corrected chi connectivity index (χ1v) is 6.29. The standard InChI is InChI=1S/C14H19FN2O4/c1-14(2,3)11(12(18)19)17-13(20)16-9-6-5-8(15)7-10(9)21-4/h5-7,11H,1-4H3,(H,18,19)(H2,16,17,20)/t11-/m1/s1. The van der Waals surface area contributed by atoms with Crippen LogP contribution >= 0.6 is 0 Å². The maximum atomic E-state index is 13.1. The van der Waals surface area contributed by atoms with Crippen molar-refractivity contribution in [2.45, 2.75) is 26.8 Å². The topological polar surface area (TPSA) is 87.7 Å². The second kappa shape index (κ2) is 6.43. The lowest BCUT2D eigenvalue weighted by Crippen LogP contribution is -2.50. The number of aliphatic carboxylic acids is 1. The van der Waals surface area contributed by atoms with Gasteiger partial charge in [-0.15, -0.1) is 0 Å². The minimum Gasteiger partial charge on any atom is -0.494 e. The highest BCUT2D eigenvalue weighted by Crippen LogP contribution is 2.25. The molecule has 7 heteroatoms. The molecule has 0 aliphatic heterocycles. The van der Waals surface area contributed by atoms with Crippen LogP contribution in [0.15, 0.2) is 18.2 Å². The predicted molar refractivity (Wildman–Crippen MR) is 76.0 cm³/mol. The fourth-order valence-electron chi connectivity index (χ4n) is 1.71. The Balaban J connectivity index is 2.84. The van der Waals surface area contributed by atoms with Crippen molar-refractivity contribution in [3.05, 3.63) is 24.0 Å². The van der Waals surface area contributed by atoms with Gasteiger partial charge in [0.25, 0.3) is 0 Å². The van der Waals surface area contributed by atoms with Gasteiger partial charge < -0.3 is 20.5 Å². The van der Waals surface area contributed by atoms with Crippen molar-refractivity contribution in [2.75, 3.05) is 12.4 Å². The predicted octanol–water partition coefficient (Wildman–Crippen LogP) is 2.46. The molecular weight excluding hydrogens is 279 g/mol. The molecule has 2 amide bonds. The van der Waals surface area contributed by atoms with Gasteiger partial charge in [0.15, 0.2) is 0 Å². The van der Waals surface area contributed by atoms with Crippen LogP contribution in [0.5, 0.6) is 5.75 Å². The Morgan fingerprint density at radius 1 is 1.33 bits per heavy atom. The molecule has 0 radical (unpaired) electrons. The van der Waals surface area contributed by atoms with Gasteiger partial charge in [-0.2, -0.15) is 0 Å². The minimum absolute atomic E-state index is 0.146. The minimum atomic E-state index is -1.14. The number of carbonyl (C=O) groups excluding carboxylic acids is 1. The summed E-state index contributed by atoms with van der Waals surface area (Å²) in [6.45, 7) is 5.10. The molecule has 1 rings (SSSR count). The zero-order chi connectivity index (χ0) is 16.2. The van der Waals surface area contributed by atoms with E-state index >= 15 is 0 Å². The van der Waals surface area contributed by atoms with Gasteiger partial charge in [-0.25, -0.2) is 14.0 Å². The number of rotatable bonds is 4.